The number of anilines is 3. The Bertz CT molecular complexity index is 1150. The number of methoxy groups -OCH3 is 1. The summed E-state index contributed by atoms with van der Waals surface area (Å²) in [6.07, 6.45) is 1.83. The number of nitrogens with zero attached hydrogens (tertiary/aromatic N) is 3. The van der Waals surface area contributed by atoms with Crippen molar-refractivity contribution in [3.8, 4) is 17.0 Å². The van der Waals surface area contributed by atoms with Crippen LogP contribution in [-0.4, -0.2) is 41.0 Å². The minimum absolute atomic E-state index is 0.0452. The molecule has 0 atom stereocenters. The van der Waals surface area contributed by atoms with Crippen LogP contribution >= 0.6 is 7.14 Å². The van der Waals surface area contributed by atoms with E-state index in [9.17, 15) is 9.36 Å². The maximum atomic E-state index is 12.6. The van der Waals surface area contributed by atoms with Crippen molar-refractivity contribution < 1.29 is 14.1 Å². The summed E-state index contributed by atoms with van der Waals surface area (Å²) >= 11 is 0. The summed E-state index contributed by atoms with van der Waals surface area (Å²) in [5.74, 6) is 0.807. The Labute approximate surface area is 175 Å². The summed E-state index contributed by atoms with van der Waals surface area (Å²) < 4.78 is 19.9. The van der Waals surface area contributed by atoms with Gasteiger partial charge in [0, 0.05) is 31.3 Å². The van der Waals surface area contributed by atoms with Crippen molar-refractivity contribution in [2.45, 2.75) is 13.3 Å². The molecule has 158 valence electrons. The van der Waals surface area contributed by atoms with Gasteiger partial charge in [-0.25, -0.2) is 4.98 Å². The SMILES string of the molecule is CCC(=O)c1cnc(N)cc1Nc1cccc(-c2cc(P(C)(C)=O)n(C)n2)c1OC. The number of nitrogens with one attached hydrogen (secondary N) is 1. The molecule has 30 heavy (non-hydrogen) atoms. The van der Waals surface area contributed by atoms with Gasteiger partial charge in [0.2, 0.25) is 0 Å². The van der Waals surface area contributed by atoms with E-state index in [0.29, 0.717) is 46.1 Å². The molecule has 0 bridgehead atoms. The number of Topliss-reactive ketones (excluding diaryl/α,β-unsaturated/α-hetero) is 1. The molecule has 0 spiro atoms. The highest BCUT2D eigenvalue weighted by Crippen LogP contribution is 2.40. The first kappa shape index (κ1) is 21.6. The summed E-state index contributed by atoms with van der Waals surface area (Å²) in [6, 6.07) is 9.02. The van der Waals surface area contributed by atoms with Gasteiger partial charge in [0.05, 0.1) is 35.2 Å². The number of ketones is 1. The van der Waals surface area contributed by atoms with Crippen molar-refractivity contribution in [2.75, 3.05) is 31.5 Å². The zero-order chi connectivity index (χ0) is 22.1. The number of hydrogen-bond acceptors (Lipinski definition) is 7. The summed E-state index contributed by atoms with van der Waals surface area (Å²) in [4.78, 5) is 16.4. The van der Waals surface area contributed by atoms with E-state index in [2.05, 4.69) is 15.4 Å². The molecule has 2 heterocycles. The van der Waals surface area contributed by atoms with Crippen LogP contribution in [0.2, 0.25) is 0 Å². The molecule has 8 nitrogen and oxygen atoms in total. The number of para-hydroxylation sites is 1. The largest absolute Gasteiger partial charge is 0.494 e. The van der Waals surface area contributed by atoms with Crippen molar-refractivity contribution >= 4 is 35.6 Å². The average Bonchev–Trinajstić information content (AvgIpc) is 3.09. The van der Waals surface area contributed by atoms with Crippen molar-refractivity contribution in [1.82, 2.24) is 14.8 Å². The molecule has 0 saturated heterocycles. The zero-order valence-electron chi connectivity index (χ0n) is 17.8. The fraction of sp³-hybridized carbons (Fsp3) is 0.286. The lowest BCUT2D eigenvalue weighted by molar-refractivity contribution is 0.0988. The molecule has 0 fully saturated rings. The number of pyridine rings is 1. The Morgan fingerprint density at radius 1 is 1.27 bits per heavy atom. The van der Waals surface area contributed by atoms with Crippen molar-refractivity contribution in [3.63, 3.8) is 0 Å². The second-order valence-corrected chi connectivity index (χ2v) is 10.5. The van der Waals surface area contributed by atoms with Gasteiger partial charge in [0.15, 0.2) is 11.5 Å². The van der Waals surface area contributed by atoms with Crippen LogP contribution in [0.5, 0.6) is 5.75 Å². The predicted octanol–water partition coefficient (Wildman–Crippen LogP) is 3.66. The van der Waals surface area contributed by atoms with E-state index < -0.39 is 7.14 Å². The van der Waals surface area contributed by atoms with Crippen LogP contribution < -0.4 is 21.2 Å². The van der Waals surface area contributed by atoms with E-state index in [0.717, 1.165) is 5.56 Å². The number of ether oxygens (including phenoxy) is 1. The second kappa shape index (κ2) is 8.32. The Kier molecular flexibility index (Phi) is 5.99. The Hall–Kier alpha value is -3.12. The number of hydrogen-bond donors (Lipinski definition) is 2. The molecule has 9 heteroatoms. The van der Waals surface area contributed by atoms with E-state index in [-0.39, 0.29) is 5.78 Å². The van der Waals surface area contributed by atoms with Crippen LogP contribution in [0.3, 0.4) is 0 Å². The van der Waals surface area contributed by atoms with Gasteiger partial charge < -0.3 is 20.4 Å². The summed E-state index contributed by atoms with van der Waals surface area (Å²) in [6.45, 7) is 5.22. The van der Waals surface area contributed by atoms with E-state index in [1.165, 1.54) is 6.20 Å². The summed E-state index contributed by atoms with van der Waals surface area (Å²) in [5.41, 5.74) is 9.56. The average molecular weight is 427 g/mol. The van der Waals surface area contributed by atoms with E-state index >= 15 is 0 Å². The Balaban J connectivity index is 2.10. The van der Waals surface area contributed by atoms with Gasteiger partial charge in [-0.15, -0.1) is 0 Å². The Morgan fingerprint density at radius 2 is 2.00 bits per heavy atom. The van der Waals surface area contributed by atoms with Crippen molar-refractivity contribution in [1.29, 1.82) is 0 Å². The minimum atomic E-state index is -2.49. The minimum Gasteiger partial charge on any atom is -0.494 e. The van der Waals surface area contributed by atoms with Gasteiger partial charge in [-0.05, 0) is 31.5 Å². The van der Waals surface area contributed by atoms with Crippen LogP contribution in [0.15, 0.2) is 36.5 Å². The second-order valence-electron chi connectivity index (χ2n) is 7.31. The van der Waals surface area contributed by atoms with Gasteiger partial charge in [-0.3, -0.25) is 9.48 Å². The molecular weight excluding hydrogens is 401 g/mol. The van der Waals surface area contributed by atoms with E-state index in [1.54, 1.807) is 45.2 Å². The molecule has 0 aliphatic heterocycles. The number of nitrogens with two attached hydrogens (primary N) is 1. The first-order valence-corrected chi connectivity index (χ1v) is 12.1. The topological polar surface area (TPSA) is 112 Å². The van der Waals surface area contributed by atoms with Crippen LogP contribution in [0.4, 0.5) is 17.2 Å². The highest BCUT2D eigenvalue weighted by Gasteiger charge is 2.21. The third-order valence-corrected chi connectivity index (χ3v) is 6.24. The monoisotopic (exact) mass is 427 g/mol. The fourth-order valence-corrected chi connectivity index (χ4v) is 4.46. The van der Waals surface area contributed by atoms with E-state index in [1.807, 2.05) is 24.3 Å². The lowest BCUT2D eigenvalue weighted by Gasteiger charge is -2.16. The highest BCUT2D eigenvalue weighted by molar-refractivity contribution is 7.69. The molecule has 0 saturated carbocycles. The number of aromatic nitrogens is 3. The van der Waals surface area contributed by atoms with Crippen LogP contribution in [0.1, 0.15) is 23.7 Å². The Morgan fingerprint density at radius 3 is 2.60 bits per heavy atom. The number of aryl methyl sites for hydroxylation is 1. The molecule has 3 aromatic rings. The fourth-order valence-electron chi connectivity index (χ4n) is 3.28. The smallest absolute Gasteiger partial charge is 0.166 e. The number of carbonyl (C=O) groups excluding carboxylic acids is 1. The lowest BCUT2D eigenvalue weighted by atomic mass is 10.1. The first-order valence-electron chi connectivity index (χ1n) is 9.48. The molecule has 0 amide bonds. The molecule has 1 aromatic carbocycles. The van der Waals surface area contributed by atoms with Crippen LogP contribution in [-0.2, 0) is 11.6 Å². The number of carbonyl (C=O) groups is 1. The first-order chi connectivity index (χ1) is 14.2. The third kappa shape index (κ3) is 4.24. The molecular formula is C21H26N5O3P. The number of benzene rings is 1. The van der Waals surface area contributed by atoms with E-state index in [4.69, 9.17) is 10.5 Å². The lowest BCUT2D eigenvalue weighted by Crippen LogP contribution is -2.13. The van der Waals surface area contributed by atoms with Gasteiger partial charge in [0.1, 0.15) is 13.0 Å². The molecule has 3 rings (SSSR count). The molecule has 3 N–H and O–H groups in total. The number of rotatable bonds is 7. The van der Waals surface area contributed by atoms with Crippen molar-refractivity contribution in [2.24, 2.45) is 7.05 Å². The quantitative estimate of drug-likeness (QED) is 0.437. The molecule has 0 radical (unpaired) electrons. The standard InChI is InChI=1S/C21H26N5O3P/c1-6-18(27)14-12-23-19(22)10-16(14)24-15-9-7-8-13(21(15)29-3)17-11-20(26(2)25-17)30(4,5)28/h7-12H,6H2,1-5H3,(H3,22,23,24). The number of nitrogen functional groups attached to an aromatic ring is 1. The normalized spacial score (nSPS) is 11.4. The molecule has 2 aromatic heterocycles. The molecule has 0 aliphatic rings. The maximum Gasteiger partial charge on any atom is 0.166 e. The highest BCUT2D eigenvalue weighted by atomic mass is 31.2. The summed E-state index contributed by atoms with van der Waals surface area (Å²) in [7, 11) is 0.854. The van der Waals surface area contributed by atoms with Gasteiger partial charge in [0.25, 0.3) is 0 Å². The van der Waals surface area contributed by atoms with Gasteiger partial charge in [-0.1, -0.05) is 13.0 Å². The molecule has 0 aliphatic carbocycles. The maximum absolute atomic E-state index is 12.6. The molecule has 0 unspecified atom stereocenters. The predicted molar refractivity (Wildman–Crippen MR) is 121 cm³/mol. The summed E-state index contributed by atoms with van der Waals surface area (Å²) in [5, 5.41) is 7.78. The van der Waals surface area contributed by atoms with Crippen molar-refractivity contribution in [3.05, 3.63) is 42.1 Å². The third-order valence-electron chi connectivity index (χ3n) is 4.72. The zero-order valence-corrected chi connectivity index (χ0v) is 18.7. The van der Waals surface area contributed by atoms with Crippen LogP contribution in [0.25, 0.3) is 11.3 Å². The van der Waals surface area contributed by atoms with Gasteiger partial charge in [-0.2, -0.15) is 5.10 Å². The van der Waals surface area contributed by atoms with Crippen LogP contribution in [0, 0.1) is 0 Å². The van der Waals surface area contributed by atoms with Gasteiger partial charge >= 0.3 is 0 Å².